The van der Waals surface area contributed by atoms with E-state index in [-0.39, 0.29) is 4.90 Å². The summed E-state index contributed by atoms with van der Waals surface area (Å²) in [4.78, 5) is 33.9. The standard InChI is InChI=1S/C11H8FNO9S2/c12-23(18,19)5-1-2-6(11(16)17)7(3-5)13-9(14)4-8(10(13)15)24(20,21)22/h1-3,8H,4H2,(H,16,17)(H,20,21,22)/p-1. The summed E-state index contributed by atoms with van der Waals surface area (Å²) in [6.45, 7) is 0. The number of anilines is 1. The lowest BCUT2D eigenvalue weighted by molar-refractivity contribution is -0.254. The van der Waals surface area contributed by atoms with E-state index in [0.717, 1.165) is 0 Å². The van der Waals surface area contributed by atoms with Crippen molar-refractivity contribution < 1.29 is 44.8 Å². The van der Waals surface area contributed by atoms with Crippen LogP contribution in [-0.4, -0.2) is 44.4 Å². The van der Waals surface area contributed by atoms with Gasteiger partial charge < -0.3 is 9.90 Å². The molecule has 1 heterocycles. The lowest BCUT2D eigenvalue weighted by atomic mass is 10.1. The topological polar surface area (TPSA) is 166 Å². The molecule has 24 heavy (non-hydrogen) atoms. The molecule has 0 saturated carbocycles. The van der Waals surface area contributed by atoms with Gasteiger partial charge in [0.15, 0.2) is 5.25 Å². The number of amides is 2. The van der Waals surface area contributed by atoms with Crippen molar-refractivity contribution in [3.05, 3.63) is 23.8 Å². The summed E-state index contributed by atoms with van der Waals surface area (Å²) < 4.78 is 66.0. The number of aromatic carboxylic acids is 1. The van der Waals surface area contributed by atoms with E-state index in [1.165, 1.54) is 0 Å². The van der Waals surface area contributed by atoms with E-state index in [0.29, 0.717) is 18.2 Å². The predicted molar refractivity (Wildman–Crippen MR) is 71.5 cm³/mol. The van der Waals surface area contributed by atoms with Gasteiger partial charge in [-0.3, -0.25) is 14.1 Å². The monoisotopic (exact) mass is 380 g/mol. The second-order valence-electron chi connectivity index (χ2n) is 4.68. The molecule has 0 bridgehead atoms. The molecule has 130 valence electrons. The molecule has 13 heteroatoms. The Bertz CT molecular complexity index is 967. The zero-order valence-electron chi connectivity index (χ0n) is 11.4. The van der Waals surface area contributed by atoms with Crippen LogP contribution in [0.25, 0.3) is 0 Å². The minimum atomic E-state index is -5.30. The van der Waals surface area contributed by atoms with Crippen molar-refractivity contribution in [1.82, 2.24) is 0 Å². The molecular formula is C11H7FNO9S2-. The van der Waals surface area contributed by atoms with E-state index in [4.69, 9.17) is 4.55 Å². The third-order valence-electron chi connectivity index (χ3n) is 3.18. The summed E-state index contributed by atoms with van der Waals surface area (Å²) in [6, 6.07) is 1.52. The van der Waals surface area contributed by atoms with Gasteiger partial charge in [0.05, 0.1) is 18.1 Å². The minimum absolute atomic E-state index is 0.0538. The molecule has 1 aliphatic rings. The molecule has 1 aromatic carbocycles. The number of benzene rings is 1. The van der Waals surface area contributed by atoms with Gasteiger partial charge in [-0.25, -0.2) is 4.90 Å². The number of carbonyl (C=O) groups excluding carboxylic acids is 3. The van der Waals surface area contributed by atoms with Crippen molar-refractivity contribution in [2.75, 3.05) is 4.90 Å². The van der Waals surface area contributed by atoms with Crippen molar-refractivity contribution in [2.24, 2.45) is 0 Å². The molecule has 1 aromatic rings. The van der Waals surface area contributed by atoms with Gasteiger partial charge in [0.2, 0.25) is 5.91 Å². The number of carboxylic acids is 1. The normalized spacial score (nSPS) is 18.9. The number of hydrogen-bond acceptors (Lipinski definition) is 8. The van der Waals surface area contributed by atoms with Gasteiger partial charge in [0.25, 0.3) is 16.0 Å². The van der Waals surface area contributed by atoms with E-state index in [1.807, 2.05) is 0 Å². The SMILES string of the molecule is O=C([O-])c1ccc(S(=O)(=O)F)cc1N1C(=O)CC(S(=O)(=O)O)C1=O. The number of rotatable bonds is 4. The summed E-state index contributed by atoms with van der Waals surface area (Å²) in [5.74, 6) is -4.65. The van der Waals surface area contributed by atoms with E-state index in [9.17, 15) is 40.2 Å². The Morgan fingerprint density at radius 3 is 2.25 bits per heavy atom. The number of carboxylic acid groups (broad SMARTS) is 1. The Kier molecular flexibility index (Phi) is 4.20. The lowest BCUT2D eigenvalue weighted by Gasteiger charge is -2.19. The zero-order chi connectivity index (χ0) is 18.4. The molecule has 0 aliphatic carbocycles. The Balaban J connectivity index is 2.68. The second-order valence-corrected chi connectivity index (χ2v) is 7.63. The van der Waals surface area contributed by atoms with Crippen LogP contribution in [0.1, 0.15) is 16.8 Å². The average molecular weight is 380 g/mol. The molecule has 1 atom stereocenters. The number of carbonyl (C=O) groups is 3. The number of imide groups is 1. The Morgan fingerprint density at radius 2 is 1.83 bits per heavy atom. The van der Waals surface area contributed by atoms with Gasteiger partial charge in [-0.05, 0) is 18.2 Å². The number of hydrogen-bond donors (Lipinski definition) is 1. The molecule has 1 N–H and O–H groups in total. The molecule has 0 radical (unpaired) electrons. The highest BCUT2D eigenvalue weighted by molar-refractivity contribution is 7.87. The van der Waals surface area contributed by atoms with E-state index in [2.05, 4.69) is 0 Å². The fourth-order valence-corrected chi connectivity index (χ4v) is 3.31. The molecule has 1 saturated heterocycles. The first-order valence-electron chi connectivity index (χ1n) is 5.97. The molecule has 0 aromatic heterocycles. The van der Waals surface area contributed by atoms with Crippen molar-refractivity contribution in [1.29, 1.82) is 0 Å². The molecule has 1 aliphatic heterocycles. The fourth-order valence-electron chi connectivity index (χ4n) is 2.11. The first-order valence-corrected chi connectivity index (χ1v) is 8.86. The van der Waals surface area contributed by atoms with Crippen LogP contribution in [0.3, 0.4) is 0 Å². The van der Waals surface area contributed by atoms with Crippen molar-refractivity contribution in [3.63, 3.8) is 0 Å². The van der Waals surface area contributed by atoms with Gasteiger partial charge in [-0.15, -0.1) is 3.89 Å². The van der Waals surface area contributed by atoms with Crippen molar-refractivity contribution in [3.8, 4) is 0 Å². The molecule has 2 amide bonds. The molecule has 2 rings (SSSR count). The maximum atomic E-state index is 13.1. The van der Waals surface area contributed by atoms with Gasteiger partial charge >= 0.3 is 10.2 Å². The molecule has 1 fully saturated rings. The van der Waals surface area contributed by atoms with Gasteiger partial charge in [-0.1, -0.05) is 0 Å². The Morgan fingerprint density at radius 1 is 1.25 bits per heavy atom. The van der Waals surface area contributed by atoms with Crippen molar-refractivity contribution in [2.45, 2.75) is 16.6 Å². The third-order valence-corrected chi connectivity index (χ3v) is 5.08. The Labute approximate surface area is 134 Å². The third kappa shape index (κ3) is 3.13. The molecular weight excluding hydrogens is 373 g/mol. The smallest absolute Gasteiger partial charge is 0.332 e. The highest BCUT2D eigenvalue weighted by atomic mass is 32.3. The average Bonchev–Trinajstić information content (AvgIpc) is 2.72. The van der Waals surface area contributed by atoms with Crippen LogP contribution in [0.4, 0.5) is 9.57 Å². The first kappa shape index (κ1) is 18.0. The van der Waals surface area contributed by atoms with Crippen LogP contribution in [-0.2, 0) is 29.9 Å². The maximum Gasteiger partial charge on any atom is 0.332 e. The van der Waals surface area contributed by atoms with E-state index in [1.54, 1.807) is 0 Å². The quantitative estimate of drug-likeness (QED) is 0.361. The second kappa shape index (κ2) is 5.61. The van der Waals surface area contributed by atoms with Gasteiger partial charge in [0.1, 0.15) is 4.90 Å². The molecule has 10 nitrogen and oxygen atoms in total. The van der Waals surface area contributed by atoms with Crippen LogP contribution < -0.4 is 10.0 Å². The summed E-state index contributed by atoms with van der Waals surface area (Å²) >= 11 is 0. The summed E-state index contributed by atoms with van der Waals surface area (Å²) in [7, 11) is -10.3. The summed E-state index contributed by atoms with van der Waals surface area (Å²) in [6.07, 6.45) is -0.989. The predicted octanol–water partition coefficient (Wildman–Crippen LogP) is -1.77. The lowest BCUT2D eigenvalue weighted by Crippen LogP contribution is -2.37. The van der Waals surface area contributed by atoms with E-state index >= 15 is 0 Å². The summed E-state index contributed by atoms with van der Waals surface area (Å²) in [5, 5.41) is 8.88. The zero-order valence-corrected chi connectivity index (χ0v) is 13.0. The van der Waals surface area contributed by atoms with Crippen LogP contribution in [0.15, 0.2) is 23.1 Å². The van der Waals surface area contributed by atoms with Crippen LogP contribution in [0.5, 0.6) is 0 Å². The Hall–Kier alpha value is -2.38. The summed E-state index contributed by atoms with van der Waals surface area (Å²) in [5.41, 5.74) is -1.73. The van der Waals surface area contributed by atoms with Crippen molar-refractivity contribution >= 4 is 43.8 Å². The van der Waals surface area contributed by atoms with Gasteiger partial charge in [-0.2, -0.15) is 16.8 Å². The molecule has 1 unspecified atom stereocenters. The van der Waals surface area contributed by atoms with Crippen LogP contribution >= 0.6 is 0 Å². The highest BCUT2D eigenvalue weighted by Crippen LogP contribution is 2.31. The van der Waals surface area contributed by atoms with Crippen LogP contribution in [0.2, 0.25) is 0 Å². The fraction of sp³-hybridized carbons (Fsp3) is 0.182. The van der Waals surface area contributed by atoms with E-state index < -0.39 is 65.9 Å². The number of nitrogens with zero attached hydrogens (tertiary/aromatic N) is 1. The maximum absolute atomic E-state index is 13.1. The number of halogens is 1. The largest absolute Gasteiger partial charge is 0.545 e. The highest BCUT2D eigenvalue weighted by Gasteiger charge is 2.47. The molecule has 0 spiro atoms. The van der Waals surface area contributed by atoms with Gasteiger partial charge in [0, 0.05) is 5.56 Å². The van der Waals surface area contributed by atoms with Crippen LogP contribution in [0, 0.1) is 0 Å². The first-order chi connectivity index (χ1) is 10.8. The minimum Gasteiger partial charge on any atom is -0.545 e.